The van der Waals surface area contributed by atoms with Crippen LogP contribution in [0.15, 0.2) is 21.2 Å². The molecule has 0 amide bonds. The van der Waals surface area contributed by atoms with Crippen LogP contribution < -0.4 is 10.6 Å². The Morgan fingerprint density at radius 2 is 2.36 bits per heavy atom. The molecule has 2 rings (SSSR count). The van der Waals surface area contributed by atoms with Crippen LogP contribution in [0.4, 0.5) is 5.82 Å². The first kappa shape index (κ1) is 10.4. The van der Waals surface area contributed by atoms with Gasteiger partial charge in [0.15, 0.2) is 0 Å². The summed E-state index contributed by atoms with van der Waals surface area (Å²) in [6.45, 7) is 1.75. The third-order valence-electron chi connectivity index (χ3n) is 2.48. The quantitative estimate of drug-likeness (QED) is 0.908. The van der Waals surface area contributed by atoms with Crippen LogP contribution in [-0.4, -0.2) is 24.1 Å². The predicted octanol–water partition coefficient (Wildman–Crippen LogP) is 2.14. The summed E-state index contributed by atoms with van der Waals surface area (Å²) < 4.78 is 2.00. The van der Waals surface area contributed by atoms with Gasteiger partial charge >= 0.3 is 0 Å². The van der Waals surface area contributed by atoms with Crippen LogP contribution in [0.2, 0.25) is 0 Å². The highest BCUT2D eigenvalue weighted by Gasteiger charge is 2.28. The van der Waals surface area contributed by atoms with Crippen LogP contribution in [-0.2, 0) is 0 Å². The maximum atomic E-state index is 5.65. The summed E-state index contributed by atoms with van der Waals surface area (Å²) in [6, 6.07) is 2.47. The van der Waals surface area contributed by atoms with Gasteiger partial charge in [-0.05, 0) is 44.3 Å². The average Bonchev–Trinajstić information content (AvgIpc) is 2.08. The predicted molar refractivity (Wildman–Crippen MR) is 64.4 cm³/mol. The molecule has 0 saturated carbocycles. The molecule has 0 radical (unpaired) electrons. The fraction of sp³-hybridized carbons (Fsp3) is 0.444. The number of halogens is 2. The van der Waals surface area contributed by atoms with Gasteiger partial charge in [-0.1, -0.05) is 0 Å². The number of hydrogen-bond acceptors (Lipinski definition) is 3. The smallest absolute Gasteiger partial charge is 0.143 e. The molecule has 14 heavy (non-hydrogen) atoms. The van der Waals surface area contributed by atoms with Crippen molar-refractivity contribution in [2.45, 2.75) is 12.5 Å². The molecule has 1 aromatic rings. The van der Waals surface area contributed by atoms with Gasteiger partial charge < -0.3 is 10.6 Å². The molecule has 0 spiro atoms. The number of anilines is 1. The van der Waals surface area contributed by atoms with Crippen LogP contribution in [0.3, 0.4) is 0 Å². The first-order valence-electron chi connectivity index (χ1n) is 4.50. The number of rotatable bonds is 2. The normalized spacial score (nSPS) is 20.8. The van der Waals surface area contributed by atoms with E-state index in [2.05, 4.69) is 41.7 Å². The van der Waals surface area contributed by atoms with E-state index in [1.165, 1.54) is 6.42 Å². The number of nitrogens with two attached hydrogens (primary N) is 1. The monoisotopic (exact) mass is 319 g/mol. The zero-order chi connectivity index (χ0) is 10.1. The Labute approximate surface area is 99.9 Å². The Morgan fingerprint density at radius 3 is 2.86 bits per heavy atom. The average molecular weight is 321 g/mol. The molecule has 76 valence electrons. The summed E-state index contributed by atoms with van der Waals surface area (Å²) in [7, 11) is 0. The zero-order valence-corrected chi connectivity index (χ0v) is 10.8. The van der Waals surface area contributed by atoms with E-state index in [9.17, 15) is 0 Å². The van der Waals surface area contributed by atoms with Gasteiger partial charge in [-0.25, -0.2) is 4.98 Å². The van der Waals surface area contributed by atoms with Gasteiger partial charge in [-0.2, -0.15) is 0 Å². The molecule has 1 unspecified atom stereocenters. The molecule has 2 N–H and O–H groups in total. The van der Waals surface area contributed by atoms with E-state index in [4.69, 9.17) is 5.73 Å². The standard InChI is InChI=1S/C9H11Br2N3/c10-6-3-8(11)9(13-5-6)14-2-1-7(14)4-12/h3,5,7H,1-2,4,12H2. The van der Waals surface area contributed by atoms with Gasteiger partial charge in [0.2, 0.25) is 0 Å². The molecule has 2 heterocycles. The minimum Gasteiger partial charge on any atom is -0.351 e. The number of nitrogens with zero attached hydrogens (tertiary/aromatic N) is 2. The van der Waals surface area contributed by atoms with Crippen molar-refractivity contribution in [3.63, 3.8) is 0 Å². The summed E-state index contributed by atoms with van der Waals surface area (Å²) in [5, 5.41) is 0. The van der Waals surface area contributed by atoms with E-state index in [0.717, 1.165) is 21.3 Å². The first-order chi connectivity index (χ1) is 6.72. The van der Waals surface area contributed by atoms with Crippen molar-refractivity contribution in [1.29, 1.82) is 0 Å². The number of hydrogen-bond donors (Lipinski definition) is 1. The molecule has 0 bridgehead atoms. The summed E-state index contributed by atoms with van der Waals surface area (Å²) in [5.41, 5.74) is 5.65. The summed E-state index contributed by atoms with van der Waals surface area (Å²) in [6.07, 6.45) is 2.98. The fourth-order valence-corrected chi connectivity index (χ4v) is 2.80. The Hall–Kier alpha value is -0.130. The highest BCUT2D eigenvalue weighted by Crippen LogP contribution is 2.32. The Bertz CT molecular complexity index is 341. The van der Waals surface area contributed by atoms with Gasteiger partial charge in [-0.3, -0.25) is 0 Å². The van der Waals surface area contributed by atoms with Crippen molar-refractivity contribution in [2.24, 2.45) is 5.73 Å². The van der Waals surface area contributed by atoms with Crippen molar-refractivity contribution >= 4 is 37.7 Å². The topological polar surface area (TPSA) is 42.1 Å². The Morgan fingerprint density at radius 1 is 1.57 bits per heavy atom. The third kappa shape index (κ3) is 1.81. The molecule has 0 aromatic carbocycles. The maximum absolute atomic E-state index is 5.65. The van der Waals surface area contributed by atoms with Gasteiger partial charge in [0.25, 0.3) is 0 Å². The lowest BCUT2D eigenvalue weighted by Crippen LogP contribution is -2.52. The molecule has 1 aliphatic heterocycles. The lowest BCUT2D eigenvalue weighted by molar-refractivity contribution is 0.451. The lowest BCUT2D eigenvalue weighted by atomic mass is 10.0. The number of aromatic nitrogens is 1. The van der Waals surface area contributed by atoms with Crippen molar-refractivity contribution in [3.8, 4) is 0 Å². The van der Waals surface area contributed by atoms with Gasteiger partial charge in [0, 0.05) is 29.8 Å². The molecular formula is C9H11Br2N3. The highest BCUT2D eigenvalue weighted by atomic mass is 79.9. The Balaban J connectivity index is 2.24. The molecule has 3 nitrogen and oxygen atoms in total. The summed E-state index contributed by atoms with van der Waals surface area (Å²) in [5.74, 6) is 0.995. The molecular weight excluding hydrogens is 310 g/mol. The number of pyridine rings is 1. The van der Waals surface area contributed by atoms with Crippen LogP contribution in [0.1, 0.15) is 6.42 Å². The first-order valence-corrected chi connectivity index (χ1v) is 6.08. The van der Waals surface area contributed by atoms with Crippen LogP contribution in [0.5, 0.6) is 0 Å². The van der Waals surface area contributed by atoms with Crippen molar-refractivity contribution in [1.82, 2.24) is 4.98 Å². The van der Waals surface area contributed by atoms with Crippen molar-refractivity contribution in [3.05, 3.63) is 21.2 Å². The van der Waals surface area contributed by atoms with Gasteiger partial charge in [-0.15, -0.1) is 0 Å². The van der Waals surface area contributed by atoms with E-state index in [1.807, 2.05) is 12.3 Å². The second-order valence-corrected chi connectivity index (χ2v) is 5.10. The zero-order valence-electron chi connectivity index (χ0n) is 7.58. The van der Waals surface area contributed by atoms with Crippen molar-refractivity contribution < 1.29 is 0 Å². The molecule has 0 aliphatic carbocycles. The molecule has 1 fully saturated rings. The fourth-order valence-electron chi connectivity index (χ4n) is 1.58. The molecule has 1 atom stereocenters. The third-order valence-corrected chi connectivity index (χ3v) is 3.49. The molecule has 1 aromatic heterocycles. The minimum absolute atomic E-state index is 0.458. The van der Waals surface area contributed by atoms with E-state index >= 15 is 0 Å². The van der Waals surface area contributed by atoms with E-state index in [0.29, 0.717) is 12.6 Å². The minimum atomic E-state index is 0.458. The van der Waals surface area contributed by atoms with E-state index in [-0.39, 0.29) is 0 Å². The second kappa shape index (κ2) is 4.16. The summed E-state index contributed by atoms with van der Waals surface area (Å²) >= 11 is 6.89. The molecule has 5 heteroatoms. The van der Waals surface area contributed by atoms with Crippen molar-refractivity contribution in [2.75, 3.05) is 18.0 Å². The lowest BCUT2D eigenvalue weighted by Gasteiger charge is -2.41. The largest absolute Gasteiger partial charge is 0.351 e. The summed E-state index contributed by atoms with van der Waals surface area (Å²) in [4.78, 5) is 6.61. The maximum Gasteiger partial charge on any atom is 0.143 e. The van der Waals surface area contributed by atoms with Crippen LogP contribution >= 0.6 is 31.9 Å². The van der Waals surface area contributed by atoms with Gasteiger partial charge in [0.1, 0.15) is 5.82 Å². The van der Waals surface area contributed by atoms with Gasteiger partial charge in [0.05, 0.1) is 4.47 Å². The molecule has 1 aliphatic rings. The van der Waals surface area contributed by atoms with Crippen LogP contribution in [0.25, 0.3) is 0 Å². The second-order valence-electron chi connectivity index (χ2n) is 3.33. The SMILES string of the molecule is NCC1CCN1c1ncc(Br)cc1Br. The van der Waals surface area contributed by atoms with E-state index in [1.54, 1.807) is 0 Å². The highest BCUT2D eigenvalue weighted by molar-refractivity contribution is 9.11. The Kier molecular flexibility index (Phi) is 3.09. The molecule has 1 saturated heterocycles. The van der Waals surface area contributed by atoms with E-state index < -0.39 is 0 Å². The van der Waals surface area contributed by atoms with Crippen LogP contribution in [0, 0.1) is 0 Å².